The summed E-state index contributed by atoms with van der Waals surface area (Å²) in [7, 11) is 0. The largest absolute Gasteiger partial charge is 0.366 e. The lowest BCUT2D eigenvalue weighted by Crippen LogP contribution is -2.27. The number of aryl methyl sites for hydroxylation is 2. The molecule has 1 heterocycles. The van der Waals surface area contributed by atoms with E-state index >= 15 is 0 Å². The zero-order valence-electron chi connectivity index (χ0n) is 10.1. The van der Waals surface area contributed by atoms with E-state index in [1.165, 1.54) is 24.1 Å². The minimum atomic E-state index is 0.264. The zero-order chi connectivity index (χ0) is 11.5. The highest BCUT2D eigenvalue weighted by Crippen LogP contribution is 2.25. The van der Waals surface area contributed by atoms with Crippen molar-refractivity contribution in [2.24, 2.45) is 5.73 Å². The van der Waals surface area contributed by atoms with Crippen LogP contribution in [0.3, 0.4) is 0 Å². The molecule has 0 fully saturated rings. The van der Waals surface area contributed by atoms with Gasteiger partial charge in [0.1, 0.15) is 11.6 Å². The Balaban J connectivity index is 2.31. The van der Waals surface area contributed by atoms with Crippen LogP contribution in [0.15, 0.2) is 0 Å². The van der Waals surface area contributed by atoms with Gasteiger partial charge in [-0.1, -0.05) is 0 Å². The molecular weight excluding hydrogens is 200 g/mol. The number of anilines is 1. The van der Waals surface area contributed by atoms with Crippen LogP contribution in [0, 0.1) is 6.92 Å². The van der Waals surface area contributed by atoms with Crippen LogP contribution in [0.4, 0.5) is 5.82 Å². The van der Waals surface area contributed by atoms with E-state index in [0.717, 1.165) is 24.5 Å². The molecule has 0 spiro atoms. The second-order valence-corrected chi connectivity index (χ2v) is 4.53. The molecule has 1 unspecified atom stereocenters. The van der Waals surface area contributed by atoms with Gasteiger partial charge in [-0.15, -0.1) is 0 Å². The fourth-order valence-electron chi connectivity index (χ4n) is 2.13. The summed E-state index contributed by atoms with van der Waals surface area (Å²) in [5.74, 6) is 1.85. The molecule has 1 aliphatic rings. The summed E-state index contributed by atoms with van der Waals surface area (Å²) >= 11 is 0. The number of hydrogen-bond donors (Lipinski definition) is 2. The Morgan fingerprint density at radius 2 is 2.06 bits per heavy atom. The van der Waals surface area contributed by atoms with Crippen LogP contribution < -0.4 is 11.1 Å². The average molecular weight is 220 g/mol. The smallest absolute Gasteiger partial charge is 0.133 e. The Bertz CT molecular complexity index is 376. The van der Waals surface area contributed by atoms with E-state index in [-0.39, 0.29) is 6.04 Å². The molecule has 0 saturated carbocycles. The number of hydrogen-bond acceptors (Lipinski definition) is 4. The zero-order valence-corrected chi connectivity index (χ0v) is 10.1. The maximum absolute atomic E-state index is 5.63. The molecule has 1 aliphatic carbocycles. The summed E-state index contributed by atoms with van der Waals surface area (Å²) < 4.78 is 0. The number of nitrogens with one attached hydrogen (secondary N) is 1. The first-order valence-corrected chi connectivity index (χ1v) is 6.03. The fourth-order valence-corrected chi connectivity index (χ4v) is 2.13. The van der Waals surface area contributed by atoms with E-state index in [2.05, 4.69) is 22.2 Å². The minimum Gasteiger partial charge on any atom is -0.366 e. The van der Waals surface area contributed by atoms with Crippen LogP contribution >= 0.6 is 0 Å². The Labute approximate surface area is 96.7 Å². The van der Waals surface area contributed by atoms with Crippen LogP contribution in [-0.4, -0.2) is 22.6 Å². The molecule has 4 nitrogen and oxygen atoms in total. The van der Waals surface area contributed by atoms with Crippen LogP contribution in [0.5, 0.6) is 0 Å². The second kappa shape index (κ2) is 4.78. The van der Waals surface area contributed by atoms with Gasteiger partial charge in [0.25, 0.3) is 0 Å². The van der Waals surface area contributed by atoms with Gasteiger partial charge >= 0.3 is 0 Å². The van der Waals surface area contributed by atoms with Gasteiger partial charge in [0.15, 0.2) is 0 Å². The Kier molecular flexibility index (Phi) is 3.39. The molecule has 0 bridgehead atoms. The molecule has 0 saturated heterocycles. The van der Waals surface area contributed by atoms with Gasteiger partial charge in [-0.2, -0.15) is 0 Å². The summed E-state index contributed by atoms with van der Waals surface area (Å²) in [5, 5.41) is 3.38. The molecular formula is C12H20N4. The molecule has 88 valence electrons. The summed E-state index contributed by atoms with van der Waals surface area (Å²) in [5.41, 5.74) is 8.16. The summed E-state index contributed by atoms with van der Waals surface area (Å²) in [6.07, 6.45) is 4.67. The van der Waals surface area contributed by atoms with E-state index in [4.69, 9.17) is 5.73 Å². The van der Waals surface area contributed by atoms with E-state index in [0.29, 0.717) is 6.54 Å². The number of fused-ring (bicyclic) bond motifs is 1. The first-order chi connectivity index (χ1) is 7.70. The van der Waals surface area contributed by atoms with E-state index in [9.17, 15) is 0 Å². The van der Waals surface area contributed by atoms with Crippen LogP contribution in [0.1, 0.15) is 36.8 Å². The maximum Gasteiger partial charge on any atom is 0.133 e. The van der Waals surface area contributed by atoms with Gasteiger partial charge in [-0.25, -0.2) is 9.97 Å². The van der Waals surface area contributed by atoms with E-state index in [1.807, 2.05) is 6.92 Å². The number of nitrogens with two attached hydrogens (primary N) is 1. The fraction of sp³-hybridized carbons (Fsp3) is 0.667. The molecule has 0 radical (unpaired) electrons. The molecule has 16 heavy (non-hydrogen) atoms. The van der Waals surface area contributed by atoms with Crippen LogP contribution in [0.2, 0.25) is 0 Å². The predicted octanol–water partition coefficient (Wildman–Crippen LogP) is 1.42. The number of rotatable bonds is 3. The van der Waals surface area contributed by atoms with Crippen molar-refractivity contribution in [1.82, 2.24) is 9.97 Å². The highest BCUT2D eigenvalue weighted by Gasteiger charge is 2.17. The topological polar surface area (TPSA) is 63.8 Å². The first kappa shape index (κ1) is 11.3. The molecule has 2 rings (SSSR count). The van der Waals surface area contributed by atoms with Crippen molar-refractivity contribution in [1.29, 1.82) is 0 Å². The summed E-state index contributed by atoms with van der Waals surface area (Å²) in [6, 6.07) is 0.264. The second-order valence-electron chi connectivity index (χ2n) is 4.53. The number of nitrogens with zero attached hydrogens (tertiary/aromatic N) is 2. The third-order valence-electron chi connectivity index (χ3n) is 3.03. The summed E-state index contributed by atoms with van der Waals surface area (Å²) in [4.78, 5) is 9.02. The van der Waals surface area contributed by atoms with Crippen molar-refractivity contribution in [2.45, 2.75) is 45.6 Å². The van der Waals surface area contributed by atoms with Gasteiger partial charge in [-0.05, 0) is 39.5 Å². The van der Waals surface area contributed by atoms with Crippen molar-refractivity contribution in [3.63, 3.8) is 0 Å². The van der Waals surface area contributed by atoms with Crippen LogP contribution in [-0.2, 0) is 12.8 Å². The van der Waals surface area contributed by atoms with Gasteiger partial charge < -0.3 is 11.1 Å². The highest BCUT2D eigenvalue weighted by atomic mass is 15.1. The lowest BCUT2D eigenvalue weighted by atomic mass is 9.96. The van der Waals surface area contributed by atoms with E-state index < -0.39 is 0 Å². The maximum atomic E-state index is 5.63. The minimum absolute atomic E-state index is 0.264. The molecule has 1 atom stereocenters. The van der Waals surface area contributed by atoms with E-state index in [1.54, 1.807) is 0 Å². The molecule has 0 aliphatic heterocycles. The van der Waals surface area contributed by atoms with Gasteiger partial charge in [-0.3, -0.25) is 0 Å². The Morgan fingerprint density at radius 1 is 1.31 bits per heavy atom. The Hall–Kier alpha value is -1.16. The lowest BCUT2D eigenvalue weighted by Gasteiger charge is -2.21. The van der Waals surface area contributed by atoms with Crippen molar-refractivity contribution in [2.75, 3.05) is 11.9 Å². The van der Waals surface area contributed by atoms with Crippen molar-refractivity contribution in [3.8, 4) is 0 Å². The molecule has 4 heteroatoms. The molecule has 0 aromatic carbocycles. The molecule has 1 aromatic rings. The highest BCUT2D eigenvalue weighted by molar-refractivity contribution is 5.48. The molecule has 0 amide bonds. The average Bonchev–Trinajstić information content (AvgIpc) is 2.28. The Morgan fingerprint density at radius 3 is 2.81 bits per heavy atom. The standard InChI is InChI=1S/C12H20N4/c1-8(7-13)14-12-10-5-3-4-6-11(10)15-9(2)16-12/h8H,3-7,13H2,1-2H3,(H,14,15,16). The van der Waals surface area contributed by atoms with Gasteiger partial charge in [0.2, 0.25) is 0 Å². The van der Waals surface area contributed by atoms with Gasteiger partial charge in [0.05, 0.1) is 0 Å². The van der Waals surface area contributed by atoms with Gasteiger partial charge in [0, 0.05) is 23.8 Å². The van der Waals surface area contributed by atoms with Crippen molar-refractivity contribution < 1.29 is 0 Å². The molecule has 3 N–H and O–H groups in total. The normalized spacial score (nSPS) is 16.7. The third kappa shape index (κ3) is 2.32. The quantitative estimate of drug-likeness (QED) is 0.808. The van der Waals surface area contributed by atoms with Crippen molar-refractivity contribution in [3.05, 3.63) is 17.1 Å². The summed E-state index contributed by atoms with van der Waals surface area (Å²) in [6.45, 7) is 4.65. The van der Waals surface area contributed by atoms with Crippen LogP contribution in [0.25, 0.3) is 0 Å². The lowest BCUT2D eigenvalue weighted by molar-refractivity contribution is 0.656. The molecule has 1 aromatic heterocycles. The number of aromatic nitrogens is 2. The SMILES string of the molecule is Cc1nc2c(c(NC(C)CN)n1)CCCC2. The third-order valence-corrected chi connectivity index (χ3v) is 3.03. The predicted molar refractivity (Wildman–Crippen MR) is 65.6 cm³/mol. The van der Waals surface area contributed by atoms with Crippen molar-refractivity contribution >= 4 is 5.82 Å². The monoisotopic (exact) mass is 220 g/mol. The first-order valence-electron chi connectivity index (χ1n) is 6.03.